The molecule has 0 saturated carbocycles. The van der Waals surface area contributed by atoms with Crippen molar-refractivity contribution in [1.82, 2.24) is 9.80 Å². The SMILES string of the molecule is COC(=O)C1CN(C(=O)C2CC(=O)N(C)C2)CC1C. The summed E-state index contributed by atoms with van der Waals surface area (Å²) in [5.41, 5.74) is 0. The molecule has 0 aliphatic carbocycles. The molecule has 0 radical (unpaired) electrons. The Bertz CT molecular complexity index is 409. The molecule has 2 amide bonds. The maximum atomic E-state index is 12.3. The van der Waals surface area contributed by atoms with Crippen LogP contribution in [-0.4, -0.2) is 61.4 Å². The van der Waals surface area contributed by atoms with Gasteiger partial charge < -0.3 is 14.5 Å². The summed E-state index contributed by atoms with van der Waals surface area (Å²) in [6.07, 6.45) is 0.281. The Labute approximate surface area is 112 Å². The Hall–Kier alpha value is -1.59. The molecular weight excluding hydrogens is 248 g/mol. The summed E-state index contributed by atoms with van der Waals surface area (Å²) in [5, 5.41) is 0. The van der Waals surface area contributed by atoms with Crippen molar-refractivity contribution in [2.75, 3.05) is 33.8 Å². The van der Waals surface area contributed by atoms with Crippen LogP contribution in [0.3, 0.4) is 0 Å². The molecule has 0 aromatic rings. The van der Waals surface area contributed by atoms with Gasteiger partial charge in [0.05, 0.1) is 18.9 Å². The molecule has 0 aromatic carbocycles. The van der Waals surface area contributed by atoms with Gasteiger partial charge in [0.25, 0.3) is 0 Å². The van der Waals surface area contributed by atoms with Crippen molar-refractivity contribution in [2.45, 2.75) is 13.3 Å². The second-order valence-corrected chi connectivity index (χ2v) is 5.53. The number of esters is 1. The topological polar surface area (TPSA) is 66.9 Å². The van der Waals surface area contributed by atoms with E-state index in [1.165, 1.54) is 7.11 Å². The lowest BCUT2D eigenvalue weighted by molar-refractivity contribution is -0.146. The van der Waals surface area contributed by atoms with Crippen LogP contribution in [0.1, 0.15) is 13.3 Å². The van der Waals surface area contributed by atoms with Crippen LogP contribution >= 0.6 is 0 Å². The number of likely N-dealkylation sites (tertiary alicyclic amines) is 2. The molecule has 2 fully saturated rings. The van der Waals surface area contributed by atoms with E-state index in [1.807, 2.05) is 6.92 Å². The number of nitrogens with zero attached hydrogens (tertiary/aromatic N) is 2. The van der Waals surface area contributed by atoms with E-state index in [1.54, 1.807) is 16.8 Å². The number of carbonyl (C=O) groups is 3. The monoisotopic (exact) mass is 268 g/mol. The van der Waals surface area contributed by atoms with E-state index in [4.69, 9.17) is 4.74 Å². The first-order chi connectivity index (χ1) is 8.93. The highest BCUT2D eigenvalue weighted by atomic mass is 16.5. The number of amides is 2. The average Bonchev–Trinajstić information content (AvgIpc) is 2.92. The summed E-state index contributed by atoms with van der Waals surface area (Å²) < 4.78 is 4.75. The third-order valence-corrected chi connectivity index (χ3v) is 4.12. The Balaban J connectivity index is 1.99. The van der Waals surface area contributed by atoms with Gasteiger partial charge in [-0.05, 0) is 5.92 Å². The standard InChI is InChI=1S/C13H20N2O4/c1-8-5-15(7-10(8)13(18)19-3)12(17)9-4-11(16)14(2)6-9/h8-10H,4-7H2,1-3H3. The van der Waals surface area contributed by atoms with Crippen LogP contribution in [-0.2, 0) is 19.1 Å². The van der Waals surface area contributed by atoms with Crippen LogP contribution in [0.15, 0.2) is 0 Å². The summed E-state index contributed by atoms with van der Waals surface area (Å²) in [7, 11) is 3.07. The molecule has 0 spiro atoms. The minimum atomic E-state index is -0.263. The van der Waals surface area contributed by atoms with Crippen LogP contribution in [0.4, 0.5) is 0 Å². The van der Waals surface area contributed by atoms with Gasteiger partial charge in [-0.3, -0.25) is 14.4 Å². The van der Waals surface area contributed by atoms with Crippen molar-refractivity contribution in [1.29, 1.82) is 0 Å². The summed E-state index contributed by atoms with van der Waals surface area (Å²) in [6, 6.07) is 0. The van der Waals surface area contributed by atoms with E-state index < -0.39 is 0 Å². The quantitative estimate of drug-likeness (QED) is 0.647. The minimum absolute atomic E-state index is 0.00936. The first-order valence-corrected chi connectivity index (χ1v) is 6.54. The largest absolute Gasteiger partial charge is 0.469 e. The third kappa shape index (κ3) is 2.57. The molecule has 0 aromatic heterocycles. The molecule has 6 heteroatoms. The lowest BCUT2D eigenvalue weighted by Gasteiger charge is -2.20. The highest BCUT2D eigenvalue weighted by Gasteiger charge is 2.41. The van der Waals surface area contributed by atoms with Crippen molar-refractivity contribution in [3.05, 3.63) is 0 Å². The molecule has 2 aliphatic heterocycles. The molecule has 3 atom stereocenters. The van der Waals surface area contributed by atoms with Gasteiger partial charge in [0, 0.05) is 33.1 Å². The molecule has 6 nitrogen and oxygen atoms in total. The van der Waals surface area contributed by atoms with Crippen LogP contribution in [0.5, 0.6) is 0 Å². The lowest BCUT2D eigenvalue weighted by Crippen LogP contribution is -2.36. The van der Waals surface area contributed by atoms with Gasteiger partial charge in [-0.1, -0.05) is 6.92 Å². The highest BCUT2D eigenvalue weighted by Crippen LogP contribution is 2.27. The van der Waals surface area contributed by atoms with Gasteiger partial charge >= 0.3 is 5.97 Å². The zero-order chi connectivity index (χ0) is 14.2. The van der Waals surface area contributed by atoms with Gasteiger partial charge in [0.1, 0.15) is 0 Å². The molecule has 0 bridgehead atoms. The summed E-state index contributed by atoms with van der Waals surface area (Å²) in [4.78, 5) is 38.7. The Morgan fingerprint density at radius 3 is 2.47 bits per heavy atom. The fourth-order valence-corrected chi connectivity index (χ4v) is 2.89. The zero-order valence-electron chi connectivity index (χ0n) is 11.6. The number of carbonyl (C=O) groups excluding carboxylic acids is 3. The first kappa shape index (κ1) is 13.8. The van der Waals surface area contributed by atoms with Gasteiger partial charge in [-0.15, -0.1) is 0 Å². The number of ether oxygens (including phenoxy) is 1. The lowest BCUT2D eigenvalue weighted by atomic mass is 9.99. The first-order valence-electron chi connectivity index (χ1n) is 6.54. The van der Waals surface area contributed by atoms with Crippen LogP contribution in [0, 0.1) is 17.8 Å². The van der Waals surface area contributed by atoms with Crippen molar-refractivity contribution in [3.63, 3.8) is 0 Å². The highest BCUT2D eigenvalue weighted by molar-refractivity contribution is 5.89. The summed E-state index contributed by atoms with van der Waals surface area (Å²) >= 11 is 0. The van der Waals surface area contributed by atoms with E-state index >= 15 is 0 Å². The smallest absolute Gasteiger partial charge is 0.310 e. The number of hydrogen-bond donors (Lipinski definition) is 0. The summed E-state index contributed by atoms with van der Waals surface area (Å²) in [5.74, 6) is -0.676. The number of methoxy groups -OCH3 is 1. The van der Waals surface area contributed by atoms with Crippen LogP contribution in [0.2, 0.25) is 0 Å². The van der Waals surface area contributed by atoms with E-state index in [0.29, 0.717) is 19.6 Å². The average molecular weight is 268 g/mol. The van der Waals surface area contributed by atoms with Gasteiger partial charge in [0.15, 0.2) is 0 Å². The Morgan fingerprint density at radius 1 is 1.26 bits per heavy atom. The van der Waals surface area contributed by atoms with Gasteiger partial charge in [-0.25, -0.2) is 0 Å². The zero-order valence-corrected chi connectivity index (χ0v) is 11.6. The van der Waals surface area contributed by atoms with Crippen molar-refractivity contribution in [3.8, 4) is 0 Å². The maximum absolute atomic E-state index is 12.3. The molecule has 106 valence electrons. The molecular formula is C13H20N2O4. The maximum Gasteiger partial charge on any atom is 0.310 e. The van der Waals surface area contributed by atoms with Crippen molar-refractivity contribution in [2.24, 2.45) is 17.8 Å². The summed E-state index contributed by atoms with van der Waals surface area (Å²) in [6.45, 7) is 3.39. The normalized spacial score (nSPS) is 30.9. The van der Waals surface area contributed by atoms with E-state index in [0.717, 1.165) is 0 Å². The Morgan fingerprint density at radius 2 is 1.95 bits per heavy atom. The molecule has 19 heavy (non-hydrogen) atoms. The van der Waals surface area contributed by atoms with Crippen LogP contribution < -0.4 is 0 Å². The second kappa shape index (κ2) is 5.19. The minimum Gasteiger partial charge on any atom is -0.469 e. The molecule has 0 N–H and O–H groups in total. The fraction of sp³-hybridized carbons (Fsp3) is 0.769. The van der Waals surface area contributed by atoms with E-state index in [2.05, 4.69) is 0 Å². The molecule has 2 heterocycles. The second-order valence-electron chi connectivity index (χ2n) is 5.53. The molecule has 2 aliphatic rings. The number of rotatable bonds is 2. The van der Waals surface area contributed by atoms with Gasteiger partial charge in [0.2, 0.25) is 11.8 Å². The van der Waals surface area contributed by atoms with Gasteiger partial charge in [-0.2, -0.15) is 0 Å². The molecule has 3 unspecified atom stereocenters. The number of hydrogen-bond acceptors (Lipinski definition) is 4. The molecule has 2 rings (SSSR count). The fourth-order valence-electron chi connectivity index (χ4n) is 2.89. The van der Waals surface area contributed by atoms with E-state index in [9.17, 15) is 14.4 Å². The molecule has 2 saturated heterocycles. The van der Waals surface area contributed by atoms with Crippen molar-refractivity contribution >= 4 is 17.8 Å². The predicted octanol–water partition coefficient (Wildman–Crippen LogP) is -0.268. The third-order valence-electron chi connectivity index (χ3n) is 4.12. The Kier molecular flexibility index (Phi) is 3.78. The predicted molar refractivity (Wildman–Crippen MR) is 67.0 cm³/mol. The van der Waals surface area contributed by atoms with E-state index in [-0.39, 0.29) is 42.0 Å². The van der Waals surface area contributed by atoms with Crippen molar-refractivity contribution < 1.29 is 19.1 Å². The van der Waals surface area contributed by atoms with Crippen LogP contribution in [0.25, 0.3) is 0 Å².